The van der Waals surface area contributed by atoms with Gasteiger partial charge in [0.15, 0.2) is 11.5 Å². The molecule has 0 unspecified atom stereocenters. The fraction of sp³-hybridized carbons (Fsp3) is 0.421. The molecule has 28 heavy (non-hydrogen) atoms. The molecular formula is C19H25N5O3S. The molecule has 150 valence electrons. The summed E-state index contributed by atoms with van der Waals surface area (Å²) in [7, 11) is -3.52. The van der Waals surface area contributed by atoms with Crippen LogP contribution in [0.5, 0.6) is 0 Å². The van der Waals surface area contributed by atoms with Crippen LogP contribution < -0.4 is 15.8 Å². The molecule has 0 radical (unpaired) electrons. The van der Waals surface area contributed by atoms with Gasteiger partial charge in [0.05, 0.1) is 16.8 Å². The Morgan fingerprint density at radius 3 is 2.50 bits per heavy atom. The van der Waals surface area contributed by atoms with E-state index in [0.29, 0.717) is 17.8 Å². The molecule has 1 aromatic heterocycles. The number of hydrogen-bond acceptors (Lipinski definition) is 6. The van der Waals surface area contributed by atoms with Crippen LogP contribution in [0.15, 0.2) is 35.4 Å². The lowest BCUT2D eigenvalue weighted by Gasteiger charge is -2.22. The first-order valence-electron chi connectivity index (χ1n) is 9.44. The summed E-state index contributed by atoms with van der Waals surface area (Å²) in [5.74, 6) is -0.256. The van der Waals surface area contributed by atoms with Gasteiger partial charge in [-0.05, 0) is 25.0 Å². The number of carbonyl (C=O) groups is 1. The third kappa shape index (κ3) is 4.66. The molecule has 0 atom stereocenters. The van der Waals surface area contributed by atoms with Crippen LogP contribution in [0.2, 0.25) is 0 Å². The Morgan fingerprint density at radius 1 is 1.18 bits per heavy atom. The van der Waals surface area contributed by atoms with Gasteiger partial charge in [0.2, 0.25) is 10.0 Å². The lowest BCUT2D eigenvalue weighted by Crippen LogP contribution is -2.37. The Labute approximate surface area is 165 Å². The molecular weight excluding hydrogens is 378 g/mol. The molecule has 1 aliphatic carbocycles. The zero-order valence-electron chi connectivity index (χ0n) is 15.8. The molecule has 1 aromatic carbocycles. The number of aromatic nitrogens is 2. The van der Waals surface area contributed by atoms with Crippen molar-refractivity contribution >= 4 is 21.7 Å². The first kappa shape index (κ1) is 20.2. The van der Waals surface area contributed by atoms with Crippen molar-refractivity contribution < 1.29 is 13.2 Å². The van der Waals surface area contributed by atoms with Crippen LogP contribution >= 0.6 is 0 Å². The minimum atomic E-state index is -3.52. The highest BCUT2D eigenvalue weighted by Crippen LogP contribution is 2.22. The zero-order valence-corrected chi connectivity index (χ0v) is 16.6. The number of nitrogens with two attached hydrogens (primary N) is 1. The van der Waals surface area contributed by atoms with E-state index in [2.05, 4.69) is 20.0 Å². The number of nitrogens with one attached hydrogen (secondary N) is 2. The summed E-state index contributed by atoms with van der Waals surface area (Å²) in [5.41, 5.74) is 7.06. The molecule has 1 fully saturated rings. The smallest absolute Gasteiger partial charge is 0.273 e. The number of hydrogen-bond donors (Lipinski definition) is 3. The molecule has 2 aromatic rings. The van der Waals surface area contributed by atoms with Crippen molar-refractivity contribution in [2.24, 2.45) is 0 Å². The van der Waals surface area contributed by atoms with E-state index in [9.17, 15) is 13.2 Å². The van der Waals surface area contributed by atoms with E-state index < -0.39 is 10.0 Å². The van der Waals surface area contributed by atoms with Crippen LogP contribution in [-0.2, 0) is 10.0 Å². The molecule has 4 N–H and O–H groups in total. The van der Waals surface area contributed by atoms with Crippen LogP contribution in [0.25, 0.3) is 11.3 Å². The summed E-state index contributed by atoms with van der Waals surface area (Å²) in [6, 6.07) is 6.39. The summed E-state index contributed by atoms with van der Waals surface area (Å²) in [6.45, 7) is 2.03. The van der Waals surface area contributed by atoms with Gasteiger partial charge >= 0.3 is 0 Å². The fourth-order valence-corrected chi connectivity index (χ4v) is 4.32. The topological polar surface area (TPSA) is 127 Å². The molecule has 0 saturated heterocycles. The minimum Gasteiger partial charge on any atom is -0.382 e. The highest BCUT2D eigenvalue weighted by atomic mass is 32.2. The number of nitrogen functional groups attached to an aromatic ring is 1. The normalized spacial score (nSPS) is 15.3. The van der Waals surface area contributed by atoms with Crippen LogP contribution in [-0.4, -0.2) is 36.9 Å². The van der Waals surface area contributed by atoms with Gasteiger partial charge in [0.25, 0.3) is 5.91 Å². The van der Waals surface area contributed by atoms with E-state index >= 15 is 0 Å². The number of rotatable bonds is 6. The molecule has 9 heteroatoms. The summed E-state index contributed by atoms with van der Waals surface area (Å²) in [4.78, 5) is 21.2. The molecule has 1 heterocycles. The Balaban J connectivity index is 1.81. The Morgan fingerprint density at radius 2 is 1.86 bits per heavy atom. The first-order chi connectivity index (χ1) is 13.4. The zero-order chi connectivity index (χ0) is 20.1. The van der Waals surface area contributed by atoms with Gasteiger partial charge in [-0.2, -0.15) is 0 Å². The minimum absolute atomic E-state index is 0.0726. The maximum atomic E-state index is 12.6. The average molecular weight is 404 g/mol. The maximum Gasteiger partial charge on any atom is 0.273 e. The number of benzene rings is 1. The Kier molecular flexibility index (Phi) is 6.25. The summed E-state index contributed by atoms with van der Waals surface area (Å²) in [6.07, 6.45) is 6.80. The van der Waals surface area contributed by atoms with Crippen molar-refractivity contribution in [1.82, 2.24) is 20.0 Å². The van der Waals surface area contributed by atoms with E-state index in [1.807, 2.05) is 0 Å². The summed E-state index contributed by atoms with van der Waals surface area (Å²) in [5, 5.41) is 2.99. The quantitative estimate of drug-likeness (QED) is 0.678. The lowest BCUT2D eigenvalue weighted by atomic mass is 9.95. The predicted molar refractivity (Wildman–Crippen MR) is 107 cm³/mol. The van der Waals surface area contributed by atoms with Gasteiger partial charge < -0.3 is 11.1 Å². The predicted octanol–water partition coefficient (Wildman–Crippen LogP) is 2.09. The standard InChI is InChI=1S/C19H25N5O3S/c1-2-22-28(26,27)15-10-8-13(9-11-15)16-12-21-18(20)17(24-16)19(25)23-14-6-4-3-5-7-14/h8-12,14,22H,2-7H2,1H3,(H2,20,21)(H,23,25). The van der Waals surface area contributed by atoms with Crippen molar-refractivity contribution in [3.63, 3.8) is 0 Å². The van der Waals surface area contributed by atoms with E-state index in [1.165, 1.54) is 24.8 Å². The van der Waals surface area contributed by atoms with Crippen molar-refractivity contribution in [3.05, 3.63) is 36.2 Å². The van der Waals surface area contributed by atoms with Crippen molar-refractivity contribution in [2.45, 2.75) is 50.0 Å². The first-order valence-corrected chi connectivity index (χ1v) is 10.9. The third-order valence-electron chi connectivity index (χ3n) is 4.75. The Hall–Kier alpha value is -2.52. The van der Waals surface area contributed by atoms with Crippen LogP contribution in [0.3, 0.4) is 0 Å². The lowest BCUT2D eigenvalue weighted by molar-refractivity contribution is 0.0923. The number of amides is 1. The van der Waals surface area contributed by atoms with Gasteiger partial charge in [-0.1, -0.05) is 38.3 Å². The number of nitrogens with zero attached hydrogens (tertiary/aromatic N) is 2. The highest BCUT2D eigenvalue weighted by molar-refractivity contribution is 7.89. The molecule has 0 bridgehead atoms. The van der Waals surface area contributed by atoms with E-state index in [1.54, 1.807) is 19.1 Å². The second kappa shape index (κ2) is 8.66. The van der Waals surface area contributed by atoms with Crippen LogP contribution in [0, 0.1) is 0 Å². The Bertz CT molecular complexity index is 939. The molecule has 3 rings (SSSR count). The van der Waals surface area contributed by atoms with E-state index in [0.717, 1.165) is 25.7 Å². The largest absolute Gasteiger partial charge is 0.382 e. The molecule has 1 aliphatic rings. The molecule has 0 spiro atoms. The average Bonchev–Trinajstić information content (AvgIpc) is 2.69. The molecule has 1 saturated carbocycles. The van der Waals surface area contributed by atoms with Gasteiger partial charge in [-0.3, -0.25) is 4.79 Å². The number of sulfonamides is 1. The number of anilines is 1. The summed E-state index contributed by atoms with van der Waals surface area (Å²) < 4.78 is 26.5. The molecule has 1 amide bonds. The van der Waals surface area contributed by atoms with Crippen molar-refractivity contribution in [2.75, 3.05) is 12.3 Å². The van der Waals surface area contributed by atoms with Gasteiger partial charge in [-0.15, -0.1) is 0 Å². The van der Waals surface area contributed by atoms with Gasteiger partial charge in [0, 0.05) is 18.2 Å². The van der Waals surface area contributed by atoms with E-state index in [-0.39, 0.29) is 28.4 Å². The van der Waals surface area contributed by atoms with Crippen LogP contribution in [0.4, 0.5) is 5.82 Å². The van der Waals surface area contributed by atoms with Crippen molar-refractivity contribution in [1.29, 1.82) is 0 Å². The van der Waals surface area contributed by atoms with Gasteiger partial charge in [0.1, 0.15) is 0 Å². The van der Waals surface area contributed by atoms with Crippen LogP contribution in [0.1, 0.15) is 49.5 Å². The fourth-order valence-electron chi connectivity index (χ4n) is 3.28. The SMILES string of the molecule is CCNS(=O)(=O)c1ccc(-c2cnc(N)c(C(=O)NC3CCCCC3)n2)cc1. The second-order valence-corrected chi connectivity index (χ2v) is 8.59. The summed E-state index contributed by atoms with van der Waals surface area (Å²) >= 11 is 0. The van der Waals surface area contributed by atoms with Gasteiger partial charge in [-0.25, -0.2) is 23.1 Å². The molecule has 0 aliphatic heterocycles. The van der Waals surface area contributed by atoms with Crippen molar-refractivity contribution in [3.8, 4) is 11.3 Å². The second-order valence-electron chi connectivity index (χ2n) is 6.82. The maximum absolute atomic E-state index is 12.6. The molecule has 8 nitrogen and oxygen atoms in total. The highest BCUT2D eigenvalue weighted by Gasteiger charge is 2.20. The van der Waals surface area contributed by atoms with E-state index in [4.69, 9.17) is 5.73 Å². The monoisotopic (exact) mass is 403 g/mol. The number of carbonyl (C=O) groups excluding carboxylic acids is 1. The third-order valence-corrected chi connectivity index (χ3v) is 6.31.